The summed E-state index contributed by atoms with van der Waals surface area (Å²) in [5, 5.41) is 1.84. The lowest BCUT2D eigenvalue weighted by Crippen LogP contribution is -2.29. The molecule has 0 N–H and O–H groups in total. The standard InChI is InChI=1S/C12H17NO3/c1-9(13(2)14-3)6-10-4-5-11-12(7-10)16-8-15-11/h4-5,7,9H,6,8H2,1-3H3. The highest BCUT2D eigenvalue weighted by molar-refractivity contribution is 5.44. The molecule has 0 saturated carbocycles. The molecule has 1 atom stereocenters. The van der Waals surface area contributed by atoms with E-state index in [0.29, 0.717) is 12.8 Å². The minimum Gasteiger partial charge on any atom is -0.454 e. The molecule has 1 aromatic carbocycles. The second-order valence-corrected chi connectivity index (χ2v) is 3.97. The Morgan fingerprint density at radius 3 is 2.88 bits per heavy atom. The minimum atomic E-state index is 0.324. The van der Waals surface area contributed by atoms with E-state index in [-0.39, 0.29) is 0 Å². The van der Waals surface area contributed by atoms with Gasteiger partial charge in [-0.15, -0.1) is 0 Å². The molecule has 88 valence electrons. The Bertz CT molecular complexity index is 367. The lowest BCUT2D eigenvalue weighted by molar-refractivity contribution is -0.135. The molecule has 0 spiro atoms. The fourth-order valence-electron chi connectivity index (χ4n) is 1.72. The van der Waals surface area contributed by atoms with E-state index in [1.807, 2.05) is 24.2 Å². The monoisotopic (exact) mass is 223 g/mol. The smallest absolute Gasteiger partial charge is 0.231 e. The Hall–Kier alpha value is -1.26. The fourth-order valence-corrected chi connectivity index (χ4v) is 1.72. The van der Waals surface area contributed by atoms with Crippen LogP contribution in [0.3, 0.4) is 0 Å². The summed E-state index contributed by atoms with van der Waals surface area (Å²) >= 11 is 0. The van der Waals surface area contributed by atoms with E-state index in [1.165, 1.54) is 5.56 Å². The van der Waals surface area contributed by atoms with Crippen molar-refractivity contribution >= 4 is 0 Å². The highest BCUT2D eigenvalue weighted by atomic mass is 16.7. The molecule has 0 saturated heterocycles. The number of ether oxygens (including phenoxy) is 2. The van der Waals surface area contributed by atoms with Gasteiger partial charge in [-0.2, -0.15) is 5.06 Å². The van der Waals surface area contributed by atoms with Crippen molar-refractivity contribution < 1.29 is 14.3 Å². The van der Waals surface area contributed by atoms with Crippen LogP contribution < -0.4 is 9.47 Å². The number of hydrogen-bond acceptors (Lipinski definition) is 4. The van der Waals surface area contributed by atoms with Crippen molar-refractivity contribution in [3.63, 3.8) is 0 Å². The summed E-state index contributed by atoms with van der Waals surface area (Å²) in [4.78, 5) is 5.15. The van der Waals surface area contributed by atoms with Crippen molar-refractivity contribution in [1.82, 2.24) is 5.06 Å². The van der Waals surface area contributed by atoms with Crippen LogP contribution in [0.25, 0.3) is 0 Å². The van der Waals surface area contributed by atoms with Crippen LogP contribution in [-0.2, 0) is 11.3 Å². The van der Waals surface area contributed by atoms with Crippen LogP contribution in [0.1, 0.15) is 12.5 Å². The van der Waals surface area contributed by atoms with Crippen molar-refractivity contribution in [2.24, 2.45) is 0 Å². The number of hydroxylamine groups is 2. The van der Waals surface area contributed by atoms with Gasteiger partial charge in [0.2, 0.25) is 6.79 Å². The lowest BCUT2D eigenvalue weighted by Gasteiger charge is -2.21. The highest BCUT2D eigenvalue weighted by Crippen LogP contribution is 2.32. The molecule has 2 rings (SSSR count). The van der Waals surface area contributed by atoms with Gasteiger partial charge in [0.25, 0.3) is 0 Å². The molecular weight excluding hydrogens is 206 g/mol. The molecule has 4 heteroatoms. The van der Waals surface area contributed by atoms with Gasteiger partial charge in [0.05, 0.1) is 7.11 Å². The van der Waals surface area contributed by atoms with Gasteiger partial charge in [-0.1, -0.05) is 6.07 Å². The Morgan fingerprint density at radius 1 is 1.38 bits per heavy atom. The molecule has 0 amide bonds. The van der Waals surface area contributed by atoms with Crippen molar-refractivity contribution in [2.45, 2.75) is 19.4 Å². The SMILES string of the molecule is CON(C)C(C)Cc1ccc2c(c1)OCO2. The first-order valence-corrected chi connectivity index (χ1v) is 5.36. The maximum atomic E-state index is 5.34. The lowest BCUT2D eigenvalue weighted by atomic mass is 10.1. The summed E-state index contributed by atoms with van der Waals surface area (Å²) in [6.07, 6.45) is 0.918. The molecular formula is C12H17NO3. The van der Waals surface area contributed by atoms with Gasteiger partial charge in [0.15, 0.2) is 11.5 Å². The molecule has 1 aromatic rings. The van der Waals surface area contributed by atoms with E-state index in [9.17, 15) is 0 Å². The van der Waals surface area contributed by atoms with E-state index in [1.54, 1.807) is 7.11 Å². The molecule has 0 bridgehead atoms. The van der Waals surface area contributed by atoms with E-state index in [4.69, 9.17) is 14.3 Å². The van der Waals surface area contributed by atoms with E-state index in [2.05, 4.69) is 13.0 Å². The average Bonchev–Trinajstić information content (AvgIpc) is 2.75. The van der Waals surface area contributed by atoms with Crippen LogP contribution in [0, 0.1) is 0 Å². The average molecular weight is 223 g/mol. The zero-order chi connectivity index (χ0) is 11.5. The van der Waals surface area contributed by atoms with Crippen LogP contribution in [-0.4, -0.2) is 32.1 Å². The zero-order valence-electron chi connectivity index (χ0n) is 9.90. The maximum Gasteiger partial charge on any atom is 0.231 e. The molecule has 1 unspecified atom stereocenters. The normalized spacial score (nSPS) is 15.5. The highest BCUT2D eigenvalue weighted by Gasteiger charge is 2.15. The second-order valence-electron chi connectivity index (χ2n) is 3.97. The van der Waals surface area contributed by atoms with Crippen molar-refractivity contribution in [3.8, 4) is 11.5 Å². The van der Waals surface area contributed by atoms with Crippen molar-refractivity contribution in [3.05, 3.63) is 23.8 Å². The number of rotatable bonds is 4. The summed E-state index contributed by atoms with van der Waals surface area (Å²) in [5.41, 5.74) is 1.22. The molecule has 0 fully saturated rings. The number of nitrogens with zero attached hydrogens (tertiary/aromatic N) is 1. The maximum absolute atomic E-state index is 5.34. The molecule has 4 nitrogen and oxygen atoms in total. The summed E-state index contributed by atoms with van der Waals surface area (Å²) < 4.78 is 10.6. The molecule has 1 aliphatic heterocycles. The van der Waals surface area contributed by atoms with Gasteiger partial charge in [-0.05, 0) is 31.0 Å². The van der Waals surface area contributed by atoms with E-state index < -0.39 is 0 Å². The third-order valence-corrected chi connectivity index (χ3v) is 2.88. The fraction of sp³-hybridized carbons (Fsp3) is 0.500. The minimum absolute atomic E-state index is 0.324. The first-order valence-electron chi connectivity index (χ1n) is 5.36. The largest absolute Gasteiger partial charge is 0.454 e. The van der Waals surface area contributed by atoms with Crippen LogP contribution in [0.5, 0.6) is 11.5 Å². The van der Waals surface area contributed by atoms with Gasteiger partial charge in [0, 0.05) is 13.1 Å². The van der Waals surface area contributed by atoms with Crippen LogP contribution in [0.4, 0.5) is 0 Å². The summed E-state index contributed by atoms with van der Waals surface area (Å²) in [6, 6.07) is 6.37. The van der Waals surface area contributed by atoms with Crippen molar-refractivity contribution in [2.75, 3.05) is 21.0 Å². The molecule has 1 aliphatic rings. The number of fused-ring (bicyclic) bond motifs is 1. The topological polar surface area (TPSA) is 30.9 Å². The van der Waals surface area contributed by atoms with Crippen molar-refractivity contribution in [1.29, 1.82) is 0 Å². The predicted molar refractivity (Wildman–Crippen MR) is 60.5 cm³/mol. The Balaban J connectivity index is 2.05. The Morgan fingerprint density at radius 2 is 2.12 bits per heavy atom. The van der Waals surface area contributed by atoms with E-state index in [0.717, 1.165) is 17.9 Å². The van der Waals surface area contributed by atoms with E-state index >= 15 is 0 Å². The Labute approximate surface area is 95.7 Å². The van der Waals surface area contributed by atoms with Gasteiger partial charge in [0.1, 0.15) is 0 Å². The van der Waals surface area contributed by atoms with Crippen LogP contribution in [0.2, 0.25) is 0 Å². The Kier molecular flexibility index (Phi) is 3.31. The van der Waals surface area contributed by atoms with Gasteiger partial charge in [-0.3, -0.25) is 0 Å². The first-order chi connectivity index (χ1) is 7.70. The molecule has 0 aliphatic carbocycles. The number of hydrogen-bond donors (Lipinski definition) is 0. The third-order valence-electron chi connectivity index (χ3n) is 2.88. The summed E-state index contributed by atoms with van der Waals surface area (Å²) in [7, 11) is 3.60. The van der Waals surface area contributed by atoms with Gasteiger partial charge >= 0.3 is 0 Å². The molecule has 0 radical (unpaired) electrons. The number of likely N-dealkylation sites (N-methyl/N-ethyl adjacent to an activating group) is 1. The molecule has 1 heterocycles. The number of benzene rings is 1. The van der Waals surface area contributed by atoms with Gasteiger partial charge < -0.3 is 14.3 Å². The summed E-state index contributed by atoms with van der Waals surface area (Å²) in [5.74, 6) is 1.67. The first kappa shape index (κ1) is 11.2. The quantitative estimate of drug-likeness (QED) is 0.729. The third kappa shape index (κ3) is 2.28. The molecule has 0 aromatic heterocycles. The van der Waals surface area contributed by atoms with Gasteiger partial charge in [-0.25, -0.2) is 0 Å². The second kappa shape index (κ2) is 4.72. The van der Waals surface area contributed by atoms with Crippen LogP contribution in [0.15, 0.2) is 18.2 Å². The van der Waals surface area contributed by atoms with Crippen LogP contribution >= 0.6 is 0 Å². The predicted octanol–water partition coefficient (Wildman–Crippen LogP) is 1.84. The summed E-state index contributed by atoms with van der Waals surface area (Å²) in [6.45, 7) is 2.44. The zero-order valence-corrected chi connectivity index (χ0v) is 9.90. The molecule has 16 heavy (non-hydrogen) atoms.